The summed E-state index contributed by atoms with van der Waals surface area (Å²) in [5.41, 5.74) is 7.11. The van der Waals surface area contributed by atoms with E-state index in [1.165, 1.54) is 0 Å². The van der Waals surface area contributed by atoms with Crippen molar-refractivity contribution in [1.29, 1.82) is 5.26 Å². The first kappa shape index (κ1) is 10.4. The lowest BCUT2D eigenvalue weighted by atomic mass is 10.1. The Morgan fingerprint density at radius 1 is 1.38 bits per heavy atom. The highest BCUT2D eigenvalue weighted by atomic mass is 16.1. The van der Waals surface area contributed by atoms with Gasteiger partial charge in [0.05, 0.1) is 0 Å². The van der Waals surface area contributed by atoms with Crippen LogP contribution >= 0.6 is 0 Å². The summed E-state index contributed by atoms with van der Waals surface area (Å²) < 4.78 is 0. The molecule has 0 amide bonds. The van der Waals surface area contributed by atoms with Crippen molar-refractivity contribution in [2.24, 2.45) is 5.73 Å². The second-order valence-corrected chi connectivity index (χ2v) is 3.58. The molecule has 2 rings (SSSR count). The predicted octanol–water partition coefficient (Wildman–Crippen LogP) is 0.901. The Balaban J connectivity index is 2.64. The number of fused-ring (bicyclic) bond motifs is 1. The summed E-state index contributed by atoms with van der Waals surface area (Å²) >= 11 is 0. The number of nitrogens with one attached hydrogen (secondary N) is 1. The van der Waals surface area contributed by atoms with Crippen LogP contribution in [0.15, 0.2) is 29.1 Å². The normalized spacial score (nSPS) is 10.2. The van der Waals surface area contributed by atoms with E-state index in [-0.39, 0.29) is 11.1 Å². The summed E-state index contributed by atoms with van der Waals surface area (Å²) in [6, 6.07) is 9.18. The van der Waals surface area contributed by atoms with E-state index in [2.05, 4.69) is 4.98 Å². The fourth-order valence-corrected chi connectivity index (χ4v) is 1.66. The topological polar surface area (TPSA) is 82.7 Å². The monoisotopic (exact) mass is 213 g/mol. The Hall–Kier alpha value is -2.12. The van der Waals surface area contributed by atoms with Crippen molar-refractivity contribution in [1.82, 2.24) is 4.98 Å². The molecule has 80 valence electrons. The largest absolute Gasteiger partial charge is 0.330 e. The average Bonchev–Trinajstić information content (AvgIpc) is 2.29. The summed E-state index contributed by atoms with van der Waals surface area (Å²) in [6.07, 6.45) is 0.789. The first-order chi connectivity index (χ1) is 7.74. The predicted molar refractivity (Wildman–Crippen MR) is 62.0 cm³/mol. The van der Waals surface area contributed by atoms with Crippen LogP contribution in [0.2, 0.25) is 0 Å². The van der Waals surface area contributed by atoms with Gasteiger partial charge >= 0.3 is 0 Å². The number of hydrogen-bond acceptors (Lipinski definition) is 3. The molecule has 1 aromatic carbocycles. The summed E-state index contributed by atoms with van der Waals surface area (Å²) in [5.74, 6) is 0. The molecule has 0 saturated heterocycles. The van der Waals surface area contributed by atoms with Crippen LogP contribution in [0.25, 0.3) is 10.9 Å². The number of benzene rings is 1. The highest BCUT2D eigenvalue weighted by molar-refractivity contribution is 5.80. The third-order valence-electron chi connectivity index (χ3n) is 2.46. The standard InChI is InChI=1S/C12H11N3O/c13-4-3-8-1-2-11-9(5-8)6-10(7-14)12(16)15-11/h1-2,5-6H,3-4,13H2,(H,15,16). The zero-order chi connectivity index (χ0) is 11.5. The van der Waals surface area contributed by atoms with Crippen molar-refractivity contribution in [2.75, 3.05) is 6.54 Å². The number of H-pyrrole nitrogens is 1. The van der Waals surface area contributed by atoms with Gasteiger partial charge in [-0.25, -0.2) is 0 Å². The molecule has 2 aromatic rings. The third-order valence-corrected chi connectivity index (χ3v) is 2.46. The number of pyridine rings is 1. The molecule has 0 atom stereocenters. The van der Waals surface area contributed by atoms with Gasteiger partial charge in [0.2, 0.25) is 0 Å². The van der Waals surface area contributed by atoms with Gasteiger partial charge in [0.25, 0.3) is 5.56 Å². The lowest BCUT2D eigenvalue weighted by Crippen LogP contribution is -2.09. The zero-order valence-corrected chi connectivity index (χ0v) is 8.66. The van der Waals surface area contributed by atoms with Crippen molar-refractivity contribution in [3.05, 3.63) is 45.7 Å². The molecule has 1 aromatic heterocycles. The fourth-order valence-electron chi connectivity index (χ4n) is 1.66. The van der Waals surface area contributed by atoms with Gasteiger partial charge in [0.15, 0.2) is 0 Å². The quantitative estimate of drug-likeness (QED) is 0.777. The van der Waals surface area contributed by atoms with Crippen molar-refractivity contribution in [3.63, 3.8) is 0 Å². The van der Waals surface area contributed by atoms with E-state index in [1.807, 2.05) is 24.3 Å². The fraction of sp³-hybridized carbons (Fsp3) is 0.167. The lowest BCUT2D eigenvalue weighted by molar-refractivity contribution is 0.970. The van der Waals surface area contributed by atoms with Crippen LogP contribution in [-0.4, -0.2) is 11.5 Å². The van der Waals surface area contributed by atoms with Crippen LogP contribution in [-0.2, 0) is 6.42 Å². The maximum absolute atomic E-state index is 11.4. The van der Waals surface area contributed by atoms with E-state index in [9.17, 15) is 4.79 Å². The van der Waals surface area contributed by atoms with Crippen molar-refractivity contribution >= 4 is 10.9 Å². The second kappa shape index (κ2) is 4.17. The van der Waals surface area contributed by atoms with Crippen LogP contribution in [0.1, 0.15) is 11.1 Å². The maximum atomic E-state index is 11.4. The van der Waals surface area contributed by atoms with E-state index in [1.54, 1.807) is 6.07 Å². The van der Waals surface area contributed by atoms with Gasteiger partial charge in [-0.1, -0.05) is 6.07 Å². The zero-order valence-electron chi connectivity index (χ0n) is 8.66. The number of nitrogens with two attached hydrogens (primary N) is 1. The van der Waals surface area contributed by atoms with E-state index < -0.39 is 0 Å². The van der Waals surface area contributed by atoms with E-state index in [0.717, 1.165) is 22.9 Å². The van der Waals surface area contributed by atoms with Gasteiger partial charge in [0.1, 0.15) is 11.6 Å². The van der Waals surface area contributed by atoms with Gasteiger partial charge in [-0.3, -0.25) is 4.79 Å². The summed E-state index contributed by atoms with van der Waals surface area (Å²) in [7, 11) is 0. The molecule has 0 fully saturated rings. The molecule has 0 aliphatic carbocycles. The molecule has 0 aliphatic heterocycles. The molecule has 0 unspecified atom stereocenters. The van der Waals surface area contributed by atoms with Gasteiger partial charge in [-0.15, -0.1) is 0 Å². The molecule has 4 nitrogen and oxygen atoms in total. The first-order valence-electron chi connectivity index (χ1n) is 5.00. The SMILES string of the molecule is N#Cc1cc2cc(CCN)ccc2[nH]c1=O. The van der Waals surface area contributed by atoms with Crippen molar-refractivity contribution in [2.45, 2.75) is 6.42 Å². The third kappa shape index (κ3) is 1.81. The number of nitrogens with zero attached hydrogens (tertiary/aromatic N) is 1. The molecule has 0 spiro atoms. The number of rotatable bonds is 2. The van der Waals surface area contributed by atoms with E-state index in [0.29, 0.717) is 6.54 Å². The molecule has 3 N–H and O–H groups in total. The molecule has 16 heavy (non-hydrogen) atoms. The Bertz CT molecular complexity index is 622. The van der Waals surface area contributed by atoms with Gasteiger partial charge in [-0.2, -0.15) is 5.26 Å². The summed E-state index contributed by atoms with van der Waals surface area (Å²) in [6.45, 7) is 0.583. The smallest absolute Gasteiger partial charge is 0.266 e. The molecular weight excluding hydrogens is 202 g/mol. The minimum atomic E-state index is -0.346. The van der Waals surface area contributed by atoms with Crippen LogP contribution in [0, 0.1) is 11.3 Å². The minimum Gasteiger partial charge on any atom is -0.330 e. The molecule has 0 aliphatic rings. The Kier molecular flexibility index (Phi) is 2.71. The Labute approximate surface area is 92.3 Å². The van der Waals surface area contributed by atoms with Crippen molar-refractivity contribution < 1.29 is 0 Å². The molecule has 4 heteroatoms. The number of aromatic amines is 1. The van der Waals surface area contributed by atoms with Crippen LogP contribution in [0.3, 0.4) is 0 Å². The number of hydrogen-bond donors (Lipinski definition) is 2. The van der Waals surface area contributed by atoms with Crippen molar-refractivity contribution in [3.8, 4) is 6.07 Å². The number of aromatic nitrogens is 1. The minimum absolute atomic E-state index is 0.136. The van der Waals surface area contributed by atoms with Gasteiger partial charge in [0, 0.05) is 5.52 Å². The molecule has 0 bridgehead atoms. The Morgan fingerprint density at radius 2 is 2.19 bits per heavy atom. The maximum Gasteiger partial charge on any atom is 0.266 e. The summed E-state index contributed by atoms with van der Waals surface area (Å²) in [5, 5.41) is 9.62. The highest BCUT2D eigenvalue weighted by Gasteiger charge is 2.02. The first-order valence-corrected chi connectivity index (χ1v) is 5.00. The van der Waals surface area contributed by atoms with Crippen LogP contribution in [0.4, 0.5) is 0 Å². The average molecular weight is 213 g/mol. The number of nitriles is 1. The lowest BCUT2D eigenvalue weighted by Gasteiger charge is -2.02. The van der Waals surface area contributed by atoms with Crippen LogP contribution in [0.5, 0.6) is 0 Å². The second-order valence-electron chi connectivity index (χ2n) is 3.58. The van der Waals surface area contributed by atoms with Gasteiger partial charge in [-0.05, 0) is 42.1 Å². The Morgan fingerprint density at radius 3 is 2.88 bits per heavy atom. The van der Waals surface area contributed by atoms with E-state index in [4.69, 9.17) is 11.0 Å². The molecule has 1 heterocycles. The van der Waals surface area contributed by atoms with Crippen LogP contribution < -0.4 is 11.3 Å². The molecule has 0 radical (unpaired) electrons. The highest BCUT2D eigenvalue weighted by Crippen LogP contribution is 2.13. The summed E-state index contributed by atoms with van der Waals surface area (Å²) in [4.78, 5) is 14.0. The van der Waals surface area contributed by atoms with E-state index >= 15 is 0 Å². The molecule has 0 saturated carbocycles. The van der Waals surface area contributed by atoms with Gasteiger partial charge < -0.3 is 10.7 Å². The molecular formula is C12H11N3O.